The number of pyridine rings is 2. The Kier molecular flexibility index (Phi) is 5.69. The number of fused-ring (bicyclic) bond motifs is 1. The first kappa shape index (κ1) is 21.3. The Balaban J connectivity index is 1.79. The molecular weight excluding hydrogens is 433 g/mol. The third kappa shape index (κ3) is 3.89. The number of rotatable bonds is 6. The van der Waals surface area contributed by atoms with E-state index in [-0.39, 0.29) is 22.8 Å². The smallest absolute Gasteiger partial charge is 0.166 e. The molecule has 4 aromatic rings. The van der Waals surface area contributed by atoms with Crippen molar-refractivity contribution < 1.29 is 4.39 Å². The van der Waals surface area contributed by atoms with Crippen molar-refractivity contribution in [1.82, 2.24) is 15.0 Å². The highest BCUT2D eigenvalue weighted by Crippen LogP contribution is 2.36. The molecule has 0 saturated heterocycles. The van der Waals surface area contributed by atoms with Crippen molar-refractivity contribution in [2.24, 2.45) is 0 Å². The van der Waals surface area contributed by atoms with Crippen LogP contribution in [-0.4, -0.2) is 21.0 Å². The summed E-state index contributed by atoms with van der Waals surface area (Å²) in [6, 6.07) is 9.08. The van der Waals surface area contributed by atoms with Crippen molar-refractivity contribution in [2.75, 3.05) is 5.32 Å². The van der Waals surface area contributed by atoms with Crippen molar-refractivity contribution in [2.45, 2.75) is 38.6 Å². The molecule has 0 amide bonds. The lowest BCUT2D eigenvalue weighted by atomic mass is 9.81. The van der Waals surface area contributed by atoms with E-state index >= 15 is 0 Å². The van der Waals surface area contributed by atoms with E-state index < -0.39 is 5.82 Å². The van der Waals surface area contributed by atoms with E-state index in [2.05, 4.69) is 53.2 Å². The maximum atomic E-state index is 14.9. The lowest BCUT2D eigenvalue weighted by molar-refractivity contribution is 0.428. The van der Waals surface area contributed by atoms with Crippen molar-refractivity contribution in [3.63, 3.8) is 0 Å². The van der Waals surface area contributed by atoms with Gasteiger partial charge in [0.2, 0.25) is 0 Å². The van der Waals surface area contributed by atoms with Crippen LogP contribution in [0.15, 0.2) is 42.0 Å². The average molecular weight is 454 g/mol. The molecule has 0 aliphatic carbocycles. The third-order valence-electron chi connectivity index (χ3n) is 5.60. The van der Waals surface area contributed by atoms with Gasteiger partial charge in [-0.25, -0.2) is 14.4 Å². The number of aromatic amines is 1. The second kappa shape index (κ2) is 8.29. The summed E-state index contributed by atoms with van der Waals surface area (Å²) in [5, 5.41) is 16.1. The molecule has 0 aromatic carbocycles. The fraction of sp³-hybridized carbons (Fsp3) is 0.261. The molecule has 0 spiro atoms. The zero-order chi connectivity index (χ0) is 22.2. The number of hydrogen-bond donors (Lipinski definition) is 2. The zero-order valence-electron chi connectivity index (χ0n) is 17.3. The van der Waals surface area contributed by atoms with Gasteiger partial charge in [0.1, 0.15) is 11.7 Å². The summed E-state index contributed by atoms with van der Waals surface area (Å²) in [4.78, 5) is 13.1. The van der Waals surface area contributed by atoms with Crippen LogP contribution < -0.4 is 5.32 Å². The molecule has 0 aliphatic rings. The summed E-state index contributed by atoms with van der Waals surface area (Å²) < 4.78 is 14.9. The molecule has 0 bridgehead atoms. The minimum absolute atomic E-state index is 0.0620. The minimum Gasteiger partial charge on any atom is -0.364 e. The standard InChI is InChI=1S/C23H21ClFN5S/c1-4-18(23(2,3)19-6-5-7-31-19)29-22-17(25)8-13(10-26)20(30-22)16-12-28-21-15(16)9-14(24)11-27-21/h5-9,11-12,18H,4H2,1-3H3,(H,27,28)(H,29,30). The molecule has 8 heteroatoms. The van der Waals surface area contributed by atoms with Crippen LogP contribution in [-0.2, 0) is 5.41 Å². The molecule has 4 rings (SSSR count). The van der Waals surface area contributed by atoms with Crippen molar-refractivity contribution >= 4 is 39.8 Å². The largest absolute Gasteiger partial charge is 0.364 e. The van der Waals surface area contributed by atoms with E-state index in [1.165, 1.54) is 10.9 Å². The van der Waals surface area contributed by atoms with Gasteiger partial charge in [-0.2, -0.15) is 5.26 Å². The molecule has 2 N–H and O–H groups in total. The van der Waals surface area contributed by atoms with Gasteiger partial charge in [0.25, 0.3) is 0 Å². The Labute approximate surface area is 188 Å². The average Bonchev–Trinajstić information content (AvgIpc) is 3.42. The van der Waals surface area contributed by atoms with Gasteiger partial charge in [-0.1, -0.05) is 38.4 Å². The van der Waals surface area contributed by atoms with Gasteiger partial charge in [0, 0.05) is 39.7 Å². The van der Waals surface area contributed by atoms with Crippen LogP contribution in [0.3, 0.4) is 0 Å². The van der Waals surface area contributed by atoms with Gasteiger partial charge in [-0.3, -0.25) is 0 Å². The van der Waals surface area contributed by atoms with Gasteiger partial charge in [-0.15, -0.1) is 11.3 Å². The quantitative estimate of drug-likeness (QED) is 0.348. The van der Waals surface area contributed by atoms with Gasteiger partial charge >= 0.3 is 0 Å². The summed E-state index contributed by atoms with van der Waals surface area (Å²) in [7, 11) is 0. The van der Waals surface area contributed by atoms with E-state index in [1.807, 2.05) is 11.4 Å². The monoisotopic (exact) mass is 453 g/mol. The van der Waals surface area contributed by atoms with E-state index in [4.69, 9.17) is 11.6 Å². The molecule has 4 aromatic heterocycles. The van der Waals surface area contributed by atoms with Crippen LogP contribution in [0, 0.1) is 17.1 Å². The number of aromatic nitrogens is 3. The number of hydrogen-bond acceptors (Lipinski definition) is 5. The maximum Gasteiger partial charge on any atom is 0.166 e. The van der Waals surface area contributed by atoms with Crippen LogP contribution in [0.25, 0.3) is 22.3 Å². The molecule has 1 unspecified atom stereocenters. The molecule has 0 fully saturated rings. The first-order valence-corrected chi connectivity index (χ1v) is 11.1. The highest BCUT2D eigenvalue weighted by molar-refractivity contribution is 7.10. The molecule has 0 radical (unpaired) electrons. The molecule has 0 saturated carbocycles. The second-order valence-corrected chi connectivity index (χ2v) is 9.27. The lowest BCUT2D eigenvalue weighted by Crippen LogP contribution is -2.39. The number of H-pyrrole nitrogens is 1. The van der Waals surface area contributed by atoms with E-state index in [9.17, 15) is 9.65 Å². The first-order valence-electron chi connectivity index (χ1n) is 9.89. The molecule has 31 heavy (non-hydrogen) atoms. The second-order valence-electron chi connectivity index (χ2n) is 7.88. The normalized spacial score (nSPS) is 12.6. The number of thiophene rings is 1. The number of anilines is 1. The van der Waals surface area contributed by atoms with Gasteiger partial charge in [0.15, 0.2) is 11.6 Å². The Hall–Kier alpha value is -2.95. The molecule has 5 nitrogen and oxygen atoms in total. The summed E-state index contributed by atoms with van der Waals surface area (Å²) >= 11 is 7.80. The number of nitrogens with zero attached hydrogens (tertiary/aromatic N) is 3. The Morgan fingerprint density at radius 1 is 1.39 bits per heavy atom. The highest BCUT2D eigenvalue weighted by atomic mass is 35.5. The van der Waals surface area contributed by atoms with Crippen LogP contribution in [0.1, 0.15) is 37.6 Å². The first-order chi connectivity index (χ1) is 14.8. The van der Waals surface area contributed by atoms with Gasteiger partial charge in [-0.05, 0) is 30.0 Å². The Morgan fingerprint density at radius 2 is 2.19 bits per heavy atom. The summed E-state index contributed by atoms with van der Waals surface area (Å²) in [6.07, 6.45) is 4.03. The number of nitrogens with one attached hydrogen (secondary N) is 2. The maximum absolute atomic E-state index is 14.9. The zero-order valence-corrected chi connectivity index (χ0v) is 18.9. The molecule has 158 valence electrons. The SMILES string of the molecule is CCC(Nc1nc(-c2c[nH]c3ncc(Cl)cc23)c(C#N)cc1F)C(C)(C)c1cccs1. The summed E-state index contributed by atoms with van der Waals surface area (Å²) in [5.41, 5.74) is 1.56. The van der Waals surface area contributed by atoms with Crippen molar-refractivity contribution in [3.8, 4) is 17.3 Å². The van der Waals surface area contributed by atoms with Crippen molar-refractivity contribution in [1.29, 1.82) is 5.26 Å². The number of halogens is 2. The molecule has 1 atom stereocenters. The van der Waals surface area contributed by atoms with Crippen LogP contribution in [0.5, 0.6) is 0 Å². The molecule has 0 aliphatic heterocycles. The summed E-state index contributed by atoms with van der Waals surface area (Å²) in [5.74, 6) is -0.438. The van der Waals surface area contributed by atoms with Crippen LogP contribution in [0.4, 0.5) is 10.2 Å². The van der Waals surface area contributed by atoms with Gasteiger partial charge in [0.05, 0.1) is 16.3 Å². The fourth-order valence-corrected chi connectivity index (χ4v) is 4.89. The summed E-state index contributed by atoms with van der Waals surface area (Å²) in [6.45, 7) is 6.33. The minimum atomic E-state index is -0.559. The van der Waals surface area contributed by atoms with Crippen LogP contribution >= 0.6 is 22.9 Å². The Morgan fingerprint density at radius 3 is 2.87 bits per heavy atom. The predicted molar refractivity (Wildman–Crippen MR) is 124 cm³/mol. The molecule has 4 heterocycles. The van der Waals surface area contributed by atoms with E-state index in [0.29, 0.717) is 21.9 Å². The topological polar surface area (TPSA) is 77.4 Å². The highest BCUT2D eigenvalue weighted by Gasteiger charge is 2.32. The van der Waals surface area contributed by atoms with E-state index in [0.717, 1.165) is 11.8 Å². The molecular formula is C23H21ClFN5S. The van der Waals surface area contributed by atoms with Gasteiger partial charge < -0.3 is 10.3 Å². The third-order valence-corrected chi connectivity index (χ3v) is 7.01. The van der Waals surface area contributed by atoms with Crippen molar-refractivity contribution in [3.05, 3.63) is 63.3 Å². The lowest BCUT2D eigenvalue weighted by Gasteiger charge is -2.34. The Bertz CT molecular complexity index is 1270. The fourth-order valence-electron chi connectivity index (χ4n) is 3.83. The van der Waals surface area contributed by atoms with E-state index in [1.54, 1.807) is 29.8 Å². The van der Waals surface area contributed by atoms with Crippen LogP contribution in [0.2, 0.25) is 5.02 Å². The number of nitriles is 1. The predicted octanol–water partition coefficient (Wildman–Crippen LogP) is 6.52.